The Labute approximate surface area is 550 Å². The minimum Gasteiger partial charge on any atom is -0.455 e. The van der Waals surface area contributed by atoms with Crippen LogP contribution < -0.4 is 9.80 Å². The number of para-hydroxylation sites is 4. The molecule has 20 aromatic rings. The van der Waals surface area contributed by atoms with Crippen LogP contribution in [0.25, 0.3) is 165 Å². The maximum Gasteiger partial charge on any atom is 0.159 e. The van der Waals surface area contributed by atoms with Crippen molar-refractivity contribution < 1.29 is 17.7 Å². The van der Waals surface area contributed by atoms with Crippen molar-refractivity contribution in [2.45, 2.75) is 0 Å². The maximum absolute atomic E-state index is 7.39. The summed E-state index contributed by atoms with van der Waals surface area (Å²) in [6.45, 7) is 0. The summed E-state index contributed by atoms with van der Waals surface area (Å²) in [5, 5.41) is 15.2. The number of fused-ring (bicyclic) bond motifs is 17. The van der Waals surface area contributed by atoms with Crippen LogP contribution in [0.15, 0.2) is 345 Å². The Kier molecular flexibility index (Phi) is 11.9. The van der Waals surface area contributed by atoms with Gasteiger partial charge in [0.15, 0.2) is 11.2 Å². The van der Waals surface area contributed by atoms with Gasteiger partial charge in [0.25, 0.3) is 0 Å². The Bertz CT molecular complexity index is 6540. The molecule has 16 aromatic carbocycles. The highest BCUT2D eigenvalue weighted by atomic mass is 16.3. The van der Waals surface area contributed by atoms with Crippen LogP contribution in [0.1, 0.15) is 0 Å². The molecule has 96 heavy (non-hydrogen) atoms. The van der Waals surface area contributed by atoms with Crippen molar-refractivity contribution in [1.29, 1.82) is 0 Å². The Morgan fingerprint density at radius 2 is 0.594 bits per heavy atom. The van der Waals surface area contributed by atoms with E-state index >= 15 is 0 Å². The molecular weight excluding hydrogens is 1170 g/mol. The molecule has 0 aliphatic carbocycles. The molecule has 0 spiro atoms. The first-order valence-electron chi connectivity index (χ1n) is 32.6. The van der Waals surface area contributed by atoms with Gasteiger partial charge in [0.05, 0.1) is 28.4 Å². The van der Waals surface area contributed by atoms with E-state index < -0.39 is 0 Å². The van der Waals surface area contributed by atoms with Gasteiger partial charge in [0.2, 0.25) is 0 Å². The molecule has 0 N–H and O–H groups in total. The molecule has 448 valence electrons. The van der Waals surface area contributed by atoms with Crippen LogP contribution >= 0.6 is 0 Å². The Balaban J connectivity index is 0.773. The molecule has 4 heterocycles. The molecule has 0 amide bonds. The largest absolute Gasteiger partial charge is 0.455 e. The molecule has 0 radical (unpaired) electrons. The zero-order chi connectivity index (χ0) is 63.0. The van der Waals surface area contributed by atoms with Gasteiger partial charge in [-0.1, -0.05) is 224 Å². The number of hydrogen-bond donors (Lipinski definition) is 0. The standard InChI is InChI=1S/C90H54N2O4/c1-2-17-55(18-3-1)56-35-43-64(44-36-56)91(81-32-15-28-71-69-27-11-13-34-83(69)95-89(71)81)80-48-40-60(51-75(80)63-42-50-85-77(53-63)74-47-38-59-21-6-9-26-68(59)88(74)94-85)61-39-45-70-72-29-16-33-82(90(72)96-86(70)54-61)92(79-31-14-22-57-19-4-7-23-65(57)79)78-30-12-10-24-66(78)62-41-49-84-76(52-62)73-46-37-58-20-5-8-25-67(58)87(73)93-84/h1-54H. The summed E-state index contributed by atoms with van der Waals surface area (Å²) < 4.78 is 27.7. The average Bonchev–Trinajstić information content (AvgIpc) is 1.49. The summed E-state index contributed by atoms with van der Waals surface area (Å²) in [6.07, 6.45) is 0. The van der Waals surface area contributed by atoms with Gasteiger partial charge in [-0.2, -0.15) is 0 Å². The highest BCUT2D eigenvalue weighted by molar-refractivity contribution is 6.19. The van der Waals surface area contributed by atoms with Gasteiger partial charge in [-0.15, -0.1) is 0 Å². The van der Waals surface area contributed by atoms with Crippen molar-refractivity contribution in [3.05, 3.63) is 328 Å². The third kappa shape index (κ3) is 8.45. The van der Waals surface area contributed by atoms with Crippen LogP contribution in [-0.4, -0.2) is 0 Å². The summed E-state index contributed by atoms with van der Waals surface area (Å²) in [5.74, 6) is 0. The third-order valence-corrected chi connectivity index (χ3v) is 19.6. The number of furan rings is 4. The second-order valence-electron chi connectivity index (χ2n) is 25.0. The second kappa shape index (κ2) is 21.3. The monoisotopic (exact) mass is 1230 g/mol. The molecule has 0 fully saturated rings. The fourth-order valence-corrected chi connectivity index (χ4v) is 15.1. The van der Waals surface area contributed by atoms with Crippen LogP contribution in [0.4, 0.5) is 34.1 Å². The maximum atomic E-state index is 7.39. The zero-order valence-corrected chi connectivity index (χ0v) is 51.7. The fourth-order valence-electron chi connectivity index (χ4n) is 15.1. The van der Waals surface area contributed by atoms with Crippen molar-refractivity contribution in [1.82, 2.24) is 0 Å². The van der Waals surface area contributed by atoms with E-state index in [-0.39, 0.29) is 0 Å². The number of benzene rings is 16. The van der Waals surface area contributed by atoms with Gasteiger partial charge >= 0.3 is 0 Å². The molecule has 0 aliphatic rings. The molecule has 0 atom stereocenters. The normalized spacial score (nSPS) is 12.0. The minimum absolute atomic E-state index is 0.784. The van der Waals surface area contributed by atoms with E-state index in [1.54, 1.807) is 0 Å². The van der Waals surface area contributed by atoms with E-state index in [1.807, 2.05) is 6.07 Å². The summed E-state index contributed by atoms with van der Waals surface area (Å²) >= 11 is 0. The molecule has 6 heteroatoms. The number of hydrogen-bond acceptors (Lipinski definition) is 6. The predicted molar refractivity (Wildman–Crippen MR) is 399 cm³/mol. The fraction of sp³-hybridized carbons (Fsp3) is 0. The Hall–Kier alpha value is -12.9. The molecule has 20 rings (SSSR count). The van der Waals surface area contributed by atoms with Crippen molar-refractivity contribution in [3.8, 4) is 44.5 Å². The third-order valence-electron chi connectivity index (χ3n) is 19.6. The van der Waals surface area contributed by atoms with Crippen LogP contribution in [0.3, 0.4) is 0 Å². The van der Waals surface area contributed by atoms with Crippen LogP contribution in [0.5, 0.6) is 0 Å². The Morgan fingerprint density at radius 1 is 0.177 bits per heavy atom. The molecule has 0 bridgehead atoms. The van der Waals surface area contributed by atoms with Crippen LogP contribution in [0.2, 0.25) is 0 Å². The van der Waals surface area contributed by atoms with E-state index in [1.165, 1.54) is 0 Å². The molecule has 0 aliphatic heterocycles. The molecule has 6 nitrogen and oxygen atoms in total. The first kappa shape index (κ1) is 53.7. The Morgan fingerprint density at radius 3 is 1.29 bits per heavy atom. The first-order valence-corrected chi connectivity index (χ1v) is 32.6. The average molecular weight is 1230 g/mol. The van der Waals surface area contributed by atoms with E-state index in [2.05, 4.69) is 331 Å². The first-order chi connectivity index (χ1) is 47.6. The summed E-state index contributed by atoms with van der Waals surface area (Å²) in [6, 6.07) is 117. The lowest BCUT2D eigenvalue weighted by Gasteiger charge is -2.29. The number of rotatable bonds is 10. The predicted octanol–water partition coefficient (Wildman–Crippen LogP) is 26.4. The van der Waals surface area contributed by atoms with E-state index in [0.29, 0.717) is 0 Å². The minimum atomic E-state index is 0.784. The second-order valence-corrected chi connectivity index (χ2v) is 25.0. The van der Waals surface area contributed by atoms with Gasteiger partial charge in [0, 0.05) is 76.1 Å². The summed E-state index contributed by atoms with van der Waals surface area (Å²) in [5.41, 5.74) is 21.1. The number of nitrogens with zero attached hydrogens (tertiary/aromatic N) is 2. The van der Waals surface area contributed by atoms with Crippen molar-refractivity contribution in [3.63, 3.8) is 0 Å². The summed E-state index contributed by atoms with van der Waals surface area (Å²) in [4.78, 5) is 4.77. The van der Waals surface area contributed by atoms with Crippen molar-refractivity contribution in [2.24, 2.45) is 0 Å². The topological polar surface area (TPSA) is 59.0 Å². The van der Waals surface area contributed by atoms with E-state index in [9.17, 15) is 0 Å². The highest BCUT2D eigenvalue weighted by Gasteiger charge is 2.27. The van der Waals surface area contributed by atoms with Gasteiger partial charge < -0.3 is 27.5 Å². The molecule has 0 saturated heterocycles. The molecule has 4 aromatic heterocycles. The van der Waals surface area contributed by atoms with Gasteiger partial charge in [-0.25, -0.2) is 0 Å². The SMILES string of the molecule is c1ccc(-c2ccc(N(c3ccc(-c4ccc5c(c4)oc4c(N(c6ccccc6-c6ccc7oc8c9ccccc9ccc8c7c6)c6cccc7ccccc67)cccc45)cc3-c3ccc4oc5c6ccccc6ccc5c4c3)c3cccc4c3oc3ccccc34)cc2)cc1. The summed E-state index contributed by atoms with van der Waals surface area (Å²) in [7, 11) is 0. The van der Waals surface area contributed by atoms with Crippen LogP contribution in [0, 0.1) is 0 Å². The lowest BCUT2D eigenvalue weighted by Crippen LogP contribution is -2.12. The quantitative estimate of drug-likeness (QED) is 0.136. The molecular formula is C90H54N2O4. The smallest absolute Gasteiger partial charge is 0.159 e. The van der Waals surface area contributed by atoms with E-state index in [0.717, 1.165) is 199 Å². The van der Waals surface area contributed by atoms with Crippen LogP contribution in [-0.2, 0) is 0 Å². The van der Waals surface area contributed by atoms with Crippen molar-refractivity contribution >= 4 is 154 Å². The van der Waals surface area contributed by atoms with Gasteiger partial charge in [-0.05, 0) is 153 Å². The number of anilines is 6. The molecule has 0 saturated carbocycles. The van der Waals surface area contributed by atoms with Gasteiger partial charge in [-0.3, -0.25) is 0 Å². The zero-order valence-electron chi connectivity index (χ0n) is 51.7. The highest BCUT2D eigenvalue weighted by Crippen LogP contribution is 2.51. The lowest BCUT2D eigenvalue weighted by atomic mass is 9.94. The van der Waals surface area contributed by atoms with E-state index in [4.69, 9.17) is 17.7 Å². The van der Waals surface area contributed by atoms with Gasteiger partial charge in [0.1, 0.15) is 33.5 Å². The van der Waals surface area contributed by atoms with Crippen molar-refractivity contribution in [2.75, 3.05) is 9.80 Å². The lowest BCUT2D eigenvalue weighted by molar-refractivity contribution is 0.669. The molecule has 0 unspecified atom stereocenters.